The summed E-state index contributed by atoms with van der Waals surface area (Å²) in [5.41, 5.74) is 0. The molecule has 19 heavy (non-hydrogen) atoms. The quantitative estimate of drug-likeness (QED) is 0.802. The maximum absolute atomic E-state index is 12.5. The zero-order valence-electron chi connectivity index (χ0n) is 10.8. The Balaban J connectivity index is 1.70. The van der Waals surface area contributed by atoms with E-state index in [0.717, 1.165) is 25.7 Å². The van der Waals surface area contributed by atoms with Gasteiger partial charge in [-0.05, 0) is 37.5 Å². The van der Waals surface area contributed by atoms with E-state index in [0.29, 0.717) is 24.0 Å². The van der Waals surface area contributed by atoms with Gasteiger partial charge in [0.2, 0.25) is 5.91 Å². The third-order valence-corrected chi connectivity index (χ3v) is 5.64. The van der Waals surface area contributed by atoms with Gasteiger partial charge in [0, 0.05) is 12.2 Å². The summed E-state index contributed by atoms with van der Waals surface area (Å²) in [7, 11) is 0. The van der Waals surface area contributed by atoms with Gasteiger partial charge < -0.3 is 10.0 Å². The van der Waals surface area contributed by atoms with Crippen LogP contribution >= 0.6 is 11.8 Å². The Bertz CT molecular complexity index is 419. The number of rotatable bonds is 4. The van der Waals surface area contributed by atoms with Crippen LogP contribution in [0.2, 0.25) is 0 Å². The van der Waals surface area contributed by atoms with Crippen molar-refractivity contribution >= 4 is 23.6 Å². The number of thioether (sulfide) groups is 1. The summed E-state index contributed by atoms with van der Waals surface area (Å²) in [5, 5.41) is 9.40. The Kier molecular flexibility index (Phi) is 3.56. The summed E-state index contributed by atoms with van der Waals surface area (Å²) in [6.07, 6.45) is 9.03. The minimum Gasteiger partial charge on any atom is -0.480 e. The maximum atomic E-state index is 12.5. The van der Waals surface area contributed by atoms with Crippen LogP contribution in [-0.4, -0.2) is 39.1 Å². The molecule has 3 rings (SSSR count). The average Bonchev–Trinajstić information content (AvgIpc) is 2.91. The number of allylic oxidation sites excluding steroid dienone is 2. The molecule has 1 amide bonds. The SMILES string of the molecule is O=C(O)C1CSC(C2CC2)N1C(=O)CC1C=CCC1. The van der Waals surface area contributed by atoms with E-state index in [2.05, 4.69) is 12.2 Å². The van der Waals surface area contributed by atoms with Crippen molar-refractivity contribution in [2.24, 2.45) is 11.8 Å². The first-order valence-electron chi connectivity index (χ1n) is 6.99. The molecule has 0 bridgehead atoms. The van der Waals surface area contributed by atoms with Crippen LogP contribution in [0.4, 0.5) is 0 Å². The van der Waals surface area contributed by atoms with E-state index < -0.39 is 12.0 Å². The minimum absolute atomic E-state index is 0.0332. The smallest absolute Gasteiger partial charge is 0.327 e. The van der Waals surface area contributed by atoms with E-state index in [-0.39, 0.29) is 11.3 Å². The van der Waals surface area contributed by atoms with Crippen molar-refractivity contribution in [3.8, 4) is 0 Å². The molecule has 3 aliphatic rings. The molecule has 0 aromatic carbocycles. The predicted molar refractivity (Wildman–Crippen MR) is 73.7 cm³/mol. The lowest BCUT2D eigenvalue weighted by Gasteiger charge is -2.28. The summed E-state index contributed by atoms with van der Waals surface area (Å²) in [6.45, 7) is 0. The third kappa shape index (κ3) is 2.66. The second-order valence-electron chi connectivity index (χ2n) is 5.69. The fourth-order valence-electron chi connectivity index (χ4n) is 2.97. The van der Waals surface area contributed by atoms with Gasteiger partial charge in [-0.3, -0.25) is 4.79 Å². The maximum Gasteiger partial charge on any atom is 0.327 e. The fourth-order valence-corrected chi connectivity index (χ4v) is 4.63. The van der Waals surface area contributed by atoms with Crippen LogP contribution in [-0.2, 0) is 9.59 Å². The Labute approximate surface area is 117 Å². The van der Waals surface area contributed by atoms with Crippen LogP contribution in [0, 0.1) is 11.8 Å². The van der Waals surface area contributed by atoms with Crippen molar-refractivity contribution < 1.29 is 14.7 Å². The Morgan fingerprint density at radius 1 is 1.32 bits per heavy atom. The van der Waals surface area contributed by atoms with Gasteiger partial charge in [-0.2, -0.15) is 0 Å². The number of hydrogen-bond donors (Lipinski definition) is 1. The normalized spacial score (nSPS) is 33.9. The molecule has 1 saturated heterocycles. The highest BCUT2D eigenvalue weighted by Crippen LogP contribution is 2.45. The summed E-state index contributed by atoms with van der Waals surface area (Å²) < 4.78 is 0. The minimum atomic E-state index is -0.856. The molecule has 104 valence electrons. The number of nitrogens with zero attached hydrogens (tertiary/aromatic N) is 1. The number of aliphatic carboxylic acids is 1. The van der Waals surface area contributed by atoms with Crippen LogP contribution in [0.15, 0.2) is 12.2 Å². The zero-order chi connectivity index (χ0) is 13.4. The topological polar surface area (TPSA) is 57.6 Å². The van der Waals surface area contributed by atoms with Crippen molar-refractivity contribution in [1.82, 2.24) is 4.90 Å². The lowest BCUT2D eigenvalue weighted by Crippen LogP contribution is -2.46. The number of carbonyl (C=O) groups excluding carboxylic acids is 1. The highest BCUT2D eigenvalue weighted by molar-refractivity contribution is 8.00. The highest BCUT2D eigenvalue weighted by Gasteiger charge is 2.47. The fraction of sp³-hybridized carbons (Fsp3) is 0.714. The van der Waals surface area contributed by atoms with E-state index in [1.165, 1.54) is 0 Å². The number of carboxylic acids is 1. The average molecular weight is 281 g/mol. The number of hydrogen-bond acceptors (Lipinski definition) is 3. The lowest BCUT2D eigenvalue weighted by molar-refractivity contribution is -0.149. The van der Waals surface area contributed by atoms with Crippen LogP contribution in [0.3, 0.4) is 0 Å². The highest BCUT2D eigenvalue weighted by atomic mass is 32.2. The molecule has 0 aromatic rings. The van der Waals surface area contributed by atoms with Gasteiger partial charge in [0.25, 0.3) is 0 Å². The Hall–Kier alpha value is -0.970. The molecule has 1 heterocycles. The second kappa shape index (κ2) is 5.19. The van der Waals surface area contributed by atoms with Gasteiger partial charge >= 0.3 is 5.97 Å². The van der Waals surface area contributed by atoms with Crippen LogP contribution in [0.1, 0.15) is 32.1 Å². The van der Waals surface area contributed by atoms with Gasteiger partial charge in [0.1, 0.15) is 6.04 Å². The molecule has 0 spiro atoms. The molecule has 1 aliphatic heterocycles. The molecule has 4 nitrogen and oxygen atoms in total. The van der Waals surface area contributed by atoms with Gasteiger partial charge in [-0.15, -0.1) is 11.8 Å². The first-order valence-corrected chi connectivity index (χ1v) is 8.04. The first-order chi connectivity index (χ1) is 9.16. The van der Waals surface area contributed by atoms with E-state index in [1.807, 2.05) is 0 Å². The molecule has 0 radical (unpaired) electrons. The van der Waals surface area contributed by atoms with E-state index in [4.69, 9.17) is 0 Å². The summed E-state index contributed by atoms with van der Waals surface area (Å²) in [6, 6.07) is -0.617. The molecule has 5 heteroatoms. The Morgan fingerprint density at radius 3 is 2.68 bits per heavy atom. The number of amides is 1. The lowest BCUT2D eigenvalue weighted by atomic mass is 10.0. The molecular formula is C14H19NO3S. The van der Waals surface area contributed by atoms with Crippen molar-refractivity contribution in [2.75, 3.05) is 5.75 Å². The molecule has 3 unspecified atom stereocenters. The second-order valence-corrected chi connectivity index (χ2v) is 6.84. The monoisotopic (exact) mass is 281 g/mol. The third-order valence-electron chi connectivity index (χ3n) is 4.18. The van der Waals surface area contributed by atoms with Gasteiger partial charge in [-0.1, -0.05) is 12.2 Å². The summed E-state index contributed by atoms with van der Waals surface area (Å²) in [5.74, 6) is 0.560. The van der Waals surface area contributed by atoms with Crippen molar-refractivity contribution in [3.63, 3.8) is 0 Å². The predicted octanol–water partition coefficient (Wildman–Crippen LogP) is 2.11. The number of carboxylic acid groups (broad SMARTS) is 1. The van der Waals surface area contributed by atoms with Crippen LogP contribution < -0.4 is 0 Å². The van der Waals surface area contributed by atoms with Gasteiger partial charge in [0.15, 0.2) is 0 Å². The standard InChI is InChI=1S/C14H19NO3S/c16-12(7-9-3-1-2-4-9)15-11(14(17)18)8-19-13(15)10-5-6-10/h1,3,9-11,13H,2,4-8H2,(H,17,18). The van der Waals surface area contributed by atoms with Gasteiger partial charge in [-0.25, -0.2) is 4.79 Å². The number of carbonyl (C=O) groups is 2. The molecular weight excluding hydrogens is 262 g/mol. The van der Waals surface area contributed by atoms with Crippen molar-refractivity contribution in [1.29, 1.82) is 0 Å². The van der Waals surface area contributed by atoms with Crippen molar-refractivity contribution in [3.05, 3.63) is 12.2 Å². The summed E-state index contributed by atoms with van der Waals surface area (Å²) in [4.78, 5) is 25.5. The van der Waals surface area contributed by atoms with E-state index in [1.54, 1.807) is 16.7 Å². The van der Waals surface area contributed by atoms with Crippen molar-refractivity contribution in [2.45, 2.75) is 43.5 Å². The van der Waals surface area contributed by atoms with Gasteiger partial charge in [0.05, 0.1) is 5.37 Å². The molecule has 0 aromatic heterocycles. The largest absolute Gasteiger partial charge is 0.480 e. The molecule has 1 N–H and O–H groups in total. The molecule has 2 fully saturated rings. The molecule has 2 aliphatic carbocycles. The zero-order valence-corrected chi connectivity index (χ0v) is 11.6. The first kappa shape index (κ1) is 13.0. The molecule has 1 saturated carbocycles. The molecule has 3 atom stereocenters. The Morgan fingerprint density at radius 2 is 2.11 bits per heavy atom. The summed E-state index contributed by atoms with van der Waals surface area (Å²) >= 11 is 1.65. The van der Waals surface area contributed by atoms with E-state index in [9.17, 15) is 14.7 Å². The van der Waals surface area contributed by atoms with E-state index >= 15 is 0 Å². The van der Waals surface area contributed by atoms with Crippen LogP contribution in [0.5, 0.6) is 0 Å². The van der Waals surface area contributed by atoms with Crippen LogP contribution in [0.25, 0.3) is 0 Å².